The topological polar surface area (TPSA) is 0 Å². The van der Waals surface area contributed by atoms with E-state index >= 15 is 0 Å². The van der Waals surface area contributed by atoms with Gasteiger partial charge in [0, 0.05) is 4.47 Å². The first-order valence-corrected chi connectivity index (χ1v) is 7.71. The predicted molar refractivity (Wildman–Crippen MR) is 94.0 cm³/mol. The van der Waals surface area contributed by atoms with Gasteiger partial charge in [-0.2, -0.15) is 0 Å². The Labute approximate surface area is 133 Å². The molecular formula is C20H15Br. The van der Waals surface area contributed by atoms with Gasteiger partial charge >= 0.3 is 0 Å². The lowest BCUT2D eigenvalue weighted by Gasteiger charge is -2.09. The summed E-state index contributed by atoms with van der Waals surface area (Å²) < 4.78 is 1.11. The van der Waals surface area contributed by atoms with E-state index < -0.39 is 0 Å². The van der Waals surface area contributed by atoms with Crippen LogP contribution in [0.1, 0.15) is 16.7 Å². The van der Waals surface area contributed by atoms with Gasteiger partial charge < -0.3 is 0 Å². The van der Waals surface area contributed by atoms with Crippen molar-refractivity contribution in [1.29, 1.82) is 0 Å². The van der Waals surface area contributed by atoms with Crippen molar-refractivity contribution in [1.82, 2.24) is 0 Å². The van der Waals surface area contributed by atoms with Crippen molar-refractivity contribution in [2.75, 3.05) is 0 Å². The smallest absolute Gasteiger partial charge is 0.0247 e. The average molecular weight is 335 g/mol. The van der Waals surface area contributed by atoms with Gasteiger partial charge in [0.25, 0.3) is 0 Å². The minimum absolute atomic E-state index is 1.11. The maximum absolute atomic E-state index is 3.63. The maximum atomic E-state index is 3.63. The van der Waals surface area contributed by atoms with Crippen molar-refractivity contribution in [2.24, 2.45) is 0 Å². The summed E-state index contributed by atoms with van der Waals surface area (Å²) in [6, 6.07) is 29.3. The number of hydrogen-bond acceptors (Lipinski definition) is 0. The second kappa shape index (κ2) is 6.55. The molecular weight excluding hydrogens is 320 g/mol. The molecule has 3 rings (SSSR count). The summed E-state index contributed by atoms with van der Waals surface area (Å²) >= 11 is 3.63. The lowest BCUT2D eigenvalue weighted by Crippen LogP contribution is -1.88. The predicted octanol–water partition coefficient (Wildman–Crippen LogP) is 6.04. The van der Waals surface area contributed by atoms with E-state index in [0.717, 1.165) is 4.47 Å². The first-order chi connectivity index (χ1) is 10.3. The molecule has 0 nitrogen and oxygen atoms in total. The van der Waals surface area contributed by atoms with Crippen molar-refractivity contribution in [2.45, 2.75) is 0 Å². The van der Waals surface area contributed by atoms with Crippen LogP contribution in [0.25, 0.3) is 11.6 Å². The molecule has 0 radical (unpaired) electrons. The zero-order valence-corrected chi connectivity index (χ0v) is 13.1. The van der Waals surface area contributed by atoms with Gasteiger partial charge in [0.15, 0.2) is 0 Å². The standard InChI is InChI=1S/C20H15Br/c21-20-14-8-7-13-18(20)15-19(16-9-3-1-4-10-16)17-11-5-2-6-12-17/h1-15H. The SMILES string of the molecule is Brc1ccccc1C=C(c1ccccc1)c1ccccc1. The first kappa shape index (κ1) is 13.8. The van der Waals surface area contributed by atoms with Crippen LogP contribution in [0.3, 0.4) is 0 Å². The van der Waals surface area contributed by atoms with Gasteiger partial charge in [-0.25, -0.2) is 0 Å². The summed E-state index contributed by atoms with van der Waals surface area (Å²) in [6.45, 7) is 0. The van der Waals surface area contributed by atoms with Crippen molar-refractivity contribution in [3.8, 4) is 0 Å². The van der Waals surface area contributed by atoms with E-state index in [4.69, 9.17) is 0 Å². The van der Waals surface area contributed by atoms with Crippen molar-refractivity contribution < 1.29 is 0 Å². The van der Waals surface area contributed by atoms with Crippen LogP contribution < -0.4 is 0 Å². The fraction of sp³-hybridized carbons (Fsp3) is 0. The van der Waals surface area contributed by atoms with Crippen molar-refractivity contribution in [3.63, 3.8) is 0 Å². The lowest BCUT2D eigenvalue weighted by atomic mass is 9.96. The maximum Gasteiger partial charge on any atom is 0.0247 e. The summed E-state index contributed by atoms with van der Waals surface area (Å²) in [7, 11) is 0. The van der Waals surface area contributed by atoms with Crippen LogP contribution >= 0.6 is 15.9 Å². The molecule has 0 aliphatic rings. The lowest BCUT2D eigenvalue weighted by molar-refractivity contribution is 1.54. The van der Waals surface area contributed by atoms with Crippen LogP contribution in [-0.4, -0.2) is 0 Å². The molecule has 0 saturated carbocycles. The second-order valence-electron chi connectivity index (χ2n) is 4.81. The molecule has 3 aromatic carbocycles. The fourth-order valence-electron chi connectivity index (χ4n) is 2.32. The Balaban J connectivity index is 2.16. The Morgan fingerprint density at radius 2 is 1.10 bits per heavy atom. The van der Waals surface area contributed by atoms with E-state index in [9.17, 15) is 0 Å². The van der Waals surface area contributed by atoms with Gasteiger partial charge in [-0.15, -0.1) is 0 Å². The monoisotopic (exact) mass is 334 g/mol. The molecule has 21 heavy (non-hydrogen) atoms. The largest absolute Gasteiger partial charge is 0.0622 e. The highest BCUT2D eigenvalue weighted by molar-refractivity contribution is 9.10. The summed E-state index contributed by atoms with van der Waals surface area (Å²) in [5, 5.41) is 0. The van der Waals surface area contributed by atoms with Gasteiger partial charge in [0.1, 0.15) is 0 Å². The van der Waals surface area contributed by atoms with Gasteiger partial charge in [0.2, 0.25) is 0 Å². The summed E-state index contributed by atoms with van der Waals surface area (Å²) in [5.74, 6) is 0. The number of hydrogen-bond donors (Lipinski definition) is 0. The third-order valence-electron chi connectivity index (χ3n) is 3.37. The molecule has 0 amide bonds. The Morgan fingerprint density at radius 3 is 1.62 bits per heavy atom. The van der Waals surface area contributed by atoms with Crippen LogP contribution in [0.4, 0.5) is 0 Å². The van der Waals surface area contributed by atoms with Crippen LogP contribution in [0.5, 0.6) is 0 Å². The molecule has 3 aromatic rings. The molecule has 0 aromatic heterocycles. The third kappa shape index (κ3) is 3.32. The van der Waals surface area contributed by atoms with Gasteiger partial charge in [-0.1, -0.05) is 94.8 Å². The Hall–Kier alpha value is -2.12. The average Bonchev–Trinajstić information content (AvgIpc) is 2.56. The van der Waals surface area contributed by atoms with E-state index in [1.165, 1.54) is 22.3 Å². The molecule has 0 heterocycles. The van der Waals surface area contributed by atoms with E-state index in [2.05, 4.69) is 88.7 Å². The van der Waals surface area contributed by atoms with Gasteiger partial charge in [0.05, 0.1) is 0 Å². The van der Waals surface area contributed by atoms with E-state index in [0.29, 0.717) is 0 Å². The summed E-state index contributed by atoms with van der Waals surface area (Å²) in [5.41, 5.74) is 4.85. The summed E-state index contributed by atoms with van der Waals surface area (Å²) in [4.78, 5) is 0. The first-order valence-electron chi connectivity index (χ1n) is 6.92. The van der Waals surface area contributed by atoms with E-state index in [-0.39, 0.29) is 0 Å². The molecule has 0 unspecified atom stereocenters. The minimum atomic E-state index is 1.11. The van der Waals surface area contributed by atoms with E-state index in [1.807, 2.05) is 18.2 Å². The Morgan fingerprint density at radius 1 is 0.619 bits per heavy atom. The van der Waals surface area contributed by atoms with Gasteiger partial charge in [-0.05, 0) is 34.4 Å². The van der Waals surface area contributed by atoms with Crippen LogP contribution in [0.15, 0.2) is 89.4 Å². The molecule has 0 aliphatic carbocycles. The highest BCUT2D eigenvalue weighted by Crippen LogP contribution is 2.28. The van der Waals surface area contributed by atoms with Crippen molar-refractivity contribution in [3.05, 3.63) is 106 Å². The number of benzene rings is 3. The zero-order valence-electron chi connectivity index (χ0n) is 11.5. The zero-order chi connectivity index (χ0) is 14.5. The number of rotatable bonds is 3. The summed E-state index contributed by atoms with van der Waals surface area (Å²) in [6.07, 6.45) is 2.23. The Bertz CT molecular complexity index is 702. The van der Waals surface area contributed by atoms with Crippen molar-refractivity contribution >= 4 is 27.6 Å². The van der Waals surface area contributed by atoms with Gasteiger partial charge in [-0.3, -0.25) is 0 Å². The molecule has 0 atom stereocenters. The van der Waals surface area contributed by atoms with Crippen LogP contribution in [0.2, 0.25) is 0 Å². The molecule has 102 valence electrons. The molecule has 0 aliphatic heterocycles. The Kier molecular flexibility index (Phi) is 4.32. The highest BCUT2D eigenvalue weighted by atomic mass is 79.9. The molecule has 0 fully saturated rings. The second-order valence-corrected chi connectivity index (χ2v) is 5.67. The fourth-order valence-corrected chi connectivity index (χ4v) is 2.72. The molecule has 0 saturated heterocycles. The molecule has 0 spiro atoms. The van der Waals surface area contributed by atoms with Crippen LogP contribution in [-0.2, 0) is 0 Å². The third-order valence-corrected chi connectivity index (χ3v) is 4.10. The number of halogens is 1. The minimum Gasteiger partial charge on any atom is -0.0622 e. The van der Waals surface area contributed by atoms with E-state index in [1.54, 1.807) is 0 Å². The molecule has 1 heteroatoms. The molecule has 0 N–H and O–H groups in total. The van der Waals surface area contributed by atoms with Crippen LogP contribution in [0, 0.1) is 0 Å². The molecule has 0 bridgehead atoms. The normalized spacial score (nSPS) is 10.1. The highest BCUT2D eigenvalue weighted by Gasteiger charge is 2.05. The quantitative estimate of drug-likeness (QED) is 0.512.